The van der Waals surface area contributed by atoms with Gasteiger partial charge in [0.25, 0.3) is 0 Å². The number of rotatable bonds is 8. The summed E-state index contributed by atoms with van der Waals surface area (Å²) in [6, 6.07) is 14.4. The van der Waals surface area contributed by atoms with Crippen LogP contribution in [-0.4, -0.2) is 53.5 Å². The van der Waals surface area contributed by atoms with Crippen LogP contribution in [0.2, 0.25) is 0 Å². The highest BCUT2D eigenvalue weighted by Gasteiger charge is 2.72. The number of nitrogens with one attached hydrogen (secondary N) is 2. The second-order valence-corrected chi connectivity index (χ2v) is 12.7. The molecule has 6 rings (SSSR count). The largest absolute Gasteiger partial charge is 0.497 e. The fourth-order valence-corrected chi connectivity index (χ4v) is 7.33. The lowest BCUT2D eigenvalue weighted by Crippen LogP contribution is -2.57. The first-order valence-electron chi connectivity index (χ1n) is 15.2. The number of nitrogens with zero attached hydrogens (tertiary/aromatic N) is 1. The number of hydrogen-bond donors (Lipinski definition) is 2. The second kappa shape index (κ2) is 11.2. The van der Waals surface area contributed by atoms with Gasteiger partial charge in [-0.05, 0) is 60.1 Å². The standard InChI is InChI=1S/C34H41N3O5/c1-20(2)23-11-13-24(14-12-23)35-31(38)28-27-17-18-34(42-27)29(28)33(40)37(19-22-9-15-25(41-4)16-10-22)30(34)32(39)36-26-8-6-5-7-21(26)3/h9-18,20-21,26-30H,5-8,19H2,1-4H3,(H,35,38)(H,36,39)/t21-,26-,27+,28-,29+,30+,34-/m1/s1. The van der Waals surface area contributed by atoms with Crippen molar-refractivity contribution in [3.63, 3.8) is 0 Å². The summed E-state index contributed by atoms with van der Waals surface area (Å²) >= 11 is 0. The summed E-state index contributed by atoms with van der Waals surface area (Å²) < 4.78 is 11.8. The lowest BCUT2D eigenvalue weighted by atomic mass is 9.74. The summed E-state index contributed by atoms with van der Waals surface area (Å²) in [5, 5.41) is 6.31. The first-order valence-corrected chi connectivity index (χ1v) is 15.2. The molecule has 2 aromatic rings. The molecule has 4 aliphatic rings. The zero-order valence-corrected chi connectivity index (χ0v) is 24.8. The third-order valence-electron chi connectivity index (χ3n) is 9.72. The minimum absolute atomic E-state index is 0.0510. The topological polar surface area (TPSA) is 97.0 Å². The predicted octanol–water partition coefficient (Wildman–Crippen LogP) is 4.80. The summed E-state index contributed by atoms with van der Waals surface area (Å²) in [4.78, 5) is 43.8. The van der Waals surface area contributed by atoms with Crippen LogP contribution < -0.4 is 15.4 Å². The maximum Gasteiger partial charge on any atom is 0.246 e. The number of fused-ring (bicyclic) bond motifs is 1. The van der Waals surface area contributed by atoms with Gasteiger partial charge in [0, 0.05) is 18.3 Å². The second-order valence-electron chi connectivity index (χ2n) is 12.7. The van der Waals surface area contributed by atoms with Gasteiger partial charge in [0.15, 0.2) is 0 Å². The van der Waals surface area contributed by atoms with E-state index in [1.54, 1.807) is 12.0 Å². The molecule has 0 aromatic heterocycles. The van der Waals surface area contributed by atoms with Crippen LogP contribution in [0.25, 0.3) is 0 Å². The molecule has 0 unspecified atom stereocenters. The number of benzene rings is 2. The van der Waals surface area contributed by atoms with E-state index in [2.05, 4.69) is 31.4 Å². The molecule has 8 heteroatoms. The van der Waals surface area contributed by atoms with Gasteiger partial charge in [-0.1, -0.05) is 70.0 Å². The smallest absolute Gasteiger partial charge is 0.246 e. The molecular formula is C34H41N3O5. The van der Waals surface area contributed by atoms with Gasteiger partial charge in [0.05, 0.1) is 25.0 Å². The Labute approximate surface area is 247 Å². The Balaban J connectivity index is 1.30. The molecule has 42 heavy (non-hydrogen) atoms. The Hall–Kier alpha value is -3.65. The average Bonchev–Trinajstić information content (AvgIpc) is 3.62. The van der Waals surface area contributed by atoms with Gasteiger partial charge in [-0.15, -0.1) is 0 Å². The van der Waals surface area contributed by atoms with Crippen LogP contribution in [0, 0.1) is 17.8 Å². The Bertz CT molecular complexity index is 1370. The van der Waals surface area contributed by atoms with E-state index in [9.17, 15) is 14.4 Å². The number of likely N-dealkylation sites (tertiary alicyclic amines) is 1. The monoisotopic (exact) mass is 571 g/mol. The highest BCUT2D eigenvalue weighted by Crippen LogP contribution is 2.55. The maximum atomic E-state index is 14.3. The van der Waals surface area contributed by atoms with Crippen LogP contribution in [-0.2, 0) is 25.7 Å². The molecule has 1 saturated carbocycles. The van der Waals surface area contributed by atoms with Gasteiger partial charge in [-0.3, -0.25) is 14.4 Å². The number of anilines is 1. The summed E-state index contributed by atoms with van der Waals surface area (Å²) in [5.41, 5.74) is 1.53. The zero-order chi connectivity index (χ0) is 29.6. The SMILES string of the molecule is COc1ccc(CN2C(=O)[C@@H]3[C@H](C(=O)Nc4ccc(C(C)C)cc4)[C@@H]4C=C[C@]3(O4)[C@@H]2C(=O)N[C@@H]2CCCC[C@H]2C)cc1. The third-order valence-corrected chi connectivity index (χ3v) is 9.72. The lowest BCUT2D eigenvalue weighted by molar-refractivity contribution is -0.142. The van der Waals surface area contributed by atoms with Crippen molar-refractivity contribution >= 4 is 23.4 Å². The summed E-state index contributed by atoms with van der Waals surface area (Å²) in [7, 11) is 1.61. The minimum Gasteiger partial charge on any atom is -0.497 e. The maximum absolute atomic E-state index is 14.3. The number of amides is 3. The molecule has 1 aliphatic carbocycles. The van der Waals surface area contributed by atoms with Crippen LogP contribution in [0.5, 0.6) is 5.75 Å². The van der Waals surface area contributed by atoms with E-state index in [-0.39, 0.29) is 30.3 Å². The molecule has 3 fully saturated rings. The van der Waals surface area contributed by atoms with Gasteiger partial charge in [-0.2, -0.15) is 0 Å². The van der Waals surface area contributed by atoms with E-state index in [0.29, 0.717) is 23.3 Å². The highest BCUT2D eigenvalue weighted by atomic mass is 16.5. The third kappa shape index (κ3) is 4.89. The van der Waals surface area contributed by atoms with Crippen molar-refractivity contribution in [3.05, 3.63) is 71.8 Å². The Kier molecular flexibility index (Phi) is 7.60. The number of carbonyl (C=O) groups is 3. The van der Waals surface area contributed by atoms with E-state index in [1.165, 1.54) is 5.56 Å². The number of methoxy groups -OCH3 is 1. The van der Waals surface area contributed by atoms with Crippen molar-refractivity contribution in [3.8, 4) is 5.75 Å². The fourth-order valence-electron chi connectivity index (χ4n) is 7.33. The van der Waals surface area contributed by atoms with Gasteiger partial charge < -0.3 is 25.0 Å². The van der Waals surface area contributed by atoms with Crippen molar-refractivity contribution in [2.75, 3.05) is 12.4 Å². The van der Waals surface area contributed by atoms with E-state index in [0.717, 1.165) is 31.2 Å². The van der Waals surface area contributed by atoms with Gasteiger partial charge in [-0.25, -0.2) is 0 Å². The molecule has 2 bridgehead atoms. The number of hydrogen-bond acceptors (Lipinski definition) is 5. The quantitative estimate of drug-likeness (QED) is 0.444. The van der Waals surface area contributed by atoms with E-state index >= 15 is 0 Å². The van der Waals surface area contributed by atoms with Crippen molar-refractivity contribution in [1.82, 2.24) is 10.2 Å². The molecule has 3 heterocycles. The molecule has 1 spiro atoms. The predicted molar refractivity (Wildman–Crippen MR) is 160 cm³/mol. The highest BCUT2D eigenvalue weighted by molar-refractivity contribution is 6.02. The van der Waals surface area contributed by atoms with Crippen molar-refractivity contribution < 1.29 is 23.9 Å². The molecule has 0 radical (unpaired) electrons. The summed E-state index contributed by atoms with van der Waals surface area (Å²) in [6.45, 7) is 6.64. The minimum atomic E-state index is -1.19. The molecule has 3 amide bonds. The lowest BCUT2D eigenvalue weighted by Gasteiger charge is -2.36. The van der Waals surface area contributed by atoms with E-state index in [4.69, 9.17) is 9.47 Å². The van der Waals surface area contributed by atoms with Crippen LogP contribution in [0.4, 0.5) is 5.69 Å². The summed E-state index contributed by atoms with van der Waals surface area (Å²) in [5.74, 6) is -0.791. The van der Waals surface area contributed by atoms with Crippen LogP contribution in [0.15, 0.2) is 60.7 Å². The van der Waals surface area contributed by atoms with Crippen LogP contribution in [0.1, 0.15) is 63.5 Å². The van der Waals surface area contributed by atoms with Crippen LogP contribution in [0.3, 0.4) is 0 Å². The molecule has 7 atom stereocenters. The Morgan fingerprint density at radius 3 is 2.43 bits per heavy atom. The van der Waals surface area contributed by atoms with Crippen molar-refractivity contribution in [2.24, 2.45) is 17.8 Å². The molecular weight excluding hydrogens is 530 g/mol. The Morgan fingerprint density at radius 2 is 1.76 bits per heavy atom. The normalized spacial score (nSPS) is 31.4. The first kappa shape index (κ1) is 28.5. The van der Waals surface area contributed by atoms with E-state index in [1.807, 2.05) is 60.7 Å². The van der Waals surface area contributed by atoms with Crippen LogP contribution >= 0.6 is 0 Å². The molecule has 3 aliphatic heterocycles. The van der Waals surface area contributed by atoms with Gasteiger partial charge in [0.2, 0.25) is 17.7 Å². The molecule has 2 saturated heterocycles. The average molecular weight is 572 g/mol. The number of carbonyl (C=O) groups excluding carboxylic acids is 3. The molecule has 2 N–H and O–H groups in total. The van der Waals surface area contributed by atoms with E-state index < -0.39 is 29.6 Å². The van der Waals surface area contributed by atoms with Crippen molar-refractivity contribution in [2.45, 2.75) is 82.7 Å². The van der Waals surface area contributed by atoms with Gasteiger partial charge >= 0.3 is 0 Å². The zero-order valence-electron chi connectivity index (χ0n) is 24.8. The molecule has 8 nitrogen and oxygen atoms in total. The molecule has 222 valence electrons. The first-order chi connectivity index (χ1) is 20.2. The number of ether oxygens (including phenoxy) is 2. The van der Waals surface area contributed by atoms with Gasteiger partial charge in [0.1, 0.15) is 17.4 Å². The fraction of sp³-hybridized carbons (Fsp3) is 0.500. The van der Waals surface area contributed by atoms with Crippen molar-refractivity contribution in [1.29, 1.82) is 0 Å². The summed E-state index contributed by atoms with van der Waals surface area (Å²) in [6.07, 6.45) is 7.37. The molecule has 2 aromatic carbocycles. The Morgan fingerprint density at radius 1 is 1.05 bits per heavy atom.